The Morgan fingerprint density at radius 1 is 0.857 bits per heavy atom. The minimum Gasteiger partial charge on any atom is -0.465 e. The Balaban J connectivity index is 1.66. The monoisotopic (exact) mass is 522 g/mol. The molecule has 0 aliphatic heterocycles. The van der Waals surface area contributed by atoms with Gasteiger partial charge in [0, 0.05) is 16.6 Å². The Bertz CT molecular complexity index is 1010. The van der Waals surface area contributed by atoms with Gasteiger partial charge in [-0.3, -0.25) is 4.79 Å². The van der Waals surface area contributed by atoms with Crippen LogP contribution >= 0.6 is 23.5 Å². The molecule has 2 aromatic carbocycles. The van der Waals surface area contributed by atoms with Crippen molar-refractivity contribution in [3.8, 4) is 11.5 Å². The van der Waals surface area contributed by atoms with Gasteiger partial charge in [0.15, 0.2) is 5.78 Å². The molecule has 188 valence electrons. The molecule has 0 aromatic heterocycles. The van der Waals surface area contributed by atoms with Crippen molar-refractivity contribution in [2.45, 2.75) is 25.2 Å². The van der Waals surface area contributed by atoms with E-state index in [9.17, 15) is 19.2 Å². The number of rotatable bonds is 11. The number of carbonyl (C=O) groups is 4. The van der Waals surface area contributed by atoms with E-state index in [4.69, 9.17) is 19.3 Å². The van der Waals surface area contributed by atoms with Gasteiger partial charge in [0.1, 0.15) is 18.1 Å². The summed E-state index contributed by atoms with van der Waals surface area (Å²) in [6.07, 6.45) is -0.273. The molecule has 0 radical (unpaired) electrons. The highest BCUT2D eigenvalue weighted by molar-refractivity contribution is 8.13. The first-order valence-corrected chi connectivity index (χ1v) is 12.4. The predicted molar refractivity (Wildman–Crippen MR) is 133 cm³/mol. The largest absolute Gasteiger partial charge is 0.465 e. The second-order valence-corrected chi connectivity index (χ2v) is 9.54. The highest BCUT2D eigenvalue weighted by Crippen LogP contribution is 2.21. The van der Waals surface area contributed by atoms with Crippen LogP contribution in [0.4, 0.5) is 9.59 Å². The number of esters is 1. The first-order chi connectivity index (χ1) is 16.7. The van der Waals surface area contributed by atoms with E-state index in [-0.39, 0.29) is 23.7 Å². The third kappa shape index (κ3) is 10.1. The maximum Gasteiger partial charge on any atom is 0.373 e. The quantitative estimate of drug-likeness (QED) is 0.328. The number of thioether (sulfide) groups is 2. The van der Waals surface area contributed by atoms with Crippen LogP contribution in [0, 0.1) is 0 Å². The zero-order valence-corrected chi connectivity index (χ0v) is 21.1. The molecule has 2 aromatic rings. The van der Waals surface area contributed by atoms with Crippen LogP contribution in [-0.4, -0.2) is 64.9 Å². The minimum atomic E-state index is -0.586. The highest BCUT2D eigenvalue weighted by atomic mass is 32.2. The number of Topliss-reactive ketones (excluding diaryl/α,β-unsaturated/α-hetero) is 1. The minimum absolute atomic E-state index is 0.203. The number of hydrogen-bond acceptors (Lipinski definition) is 11. The molecule has 9 nitrogen and oxygen atoms in total. The van der Waals surface area contributed by atoms with Crippen molar-refractivity contribution >= 4 is 45.9 Å². The molecule has 35 heavy (non-hydrogen) atoms. The van der Waals surface area contributed by atoms with Crippen LogP contribution < -0.4 is 9.47 Å². The molecular formula is C24H26O9S2. The zero-order chi connectivity index (χ0) is 25.8. The number of ketones is 1. The fourth-order valence-corrected chi connectivity index (χ4v) is 3.80. The van der Waals surface area contributed by atoms with Crippen molar-refractivity contribution in [1.29, 1.82) is 0 Å². The first kappa shape index (κ1) is 28.4. The van der Waals surface area contributed by atoms with Gasteiger partial charge in [-0.1, -0.05) is 6.92 Å². The van der Waals surface area contributed by atoms with Crippen molar-refractivity contribution in [2.75, 3.05) is 26.1 Å². The standard InChI is InChI=1S/C24H26O9S2/c1-15(14-34-23(28)32-19-10-6-18(7-11-19)22(27)30-3)31-13-16(2)35-24(29)33-20-8-4-17(5-9-20)21(26)12-25/h4-11,15-16,25H,12-14H2,1-3H3. The average Bonchev–Trinajstić information content (AvgIpc) is 2.86. The van der Waals surface area contributed by atoms with Crippen LogP contribution in [0.1, 0.15) is 34.6 Å². The first-order valence-electron chi connectivity index (χ1n) is 10.5. The van der Waals surface area contributed by atoms with E-state index in [1.54, 1.807) is 13.8 Å². The van der Waals surface area contributed by atoms with Gasteiger partial charge in [0.2, 0.25) is 0 Å². The van der Waals surface area contributed by atoms with Crippen molar-refractivity contribution in [1.82, 2.24) is 0 Å². The van der Waals surface area contributed by atoms with Crippen LogP contribution in [-0.2, 0) is 9.47 Å². The van der Waals surface area contributed by atoms with Crippen molar-refractivity contribution < 1.29 is 43.2 Å². The molecule has 0 heterocycles. The summed E-state index contributed by atoms with van der Waals surface area (Å²) in [5.74, 6) is 0.0438. The normalized spacial score (nSPS) is 12.3. The van der Waals surface area contributed by atoms with E-state index in [1.165, 1.54) is 55.6 Å². The highest BCUT2D eigenvalue weighted by Gasteiger charge is 2.16. The fraction of sp³-hybridized carbons (Fsp3) is 0.333. The Morgan fingerprint density at radius 2 is 1.40 bits per heavy atom. The average molecular weight is 523 g/mol. The molecule has 0 spiro atoms. The van der Waals surface area contributed by atoms with E-state index in [1.807, 2.05) is 0 Å². The summed E-state index contributed by atoms with van der Waals surface area (Å²) in [6.45, 7) is 3.28. The van der Waals surface area contributed by atoms with Crippen LogP contribution in [0.25, 0.3) is 0 Å². The summed E-state index contributed by atoms with van der Waals surface area (Å²) >= 11 is 1.91. The van der Waals surface area contributed by atoms with Crippen LogP contribution in [0.15, 0.2) is 48.5 Å². The number of hydrogen-bond donors (Lipinski definition) is 1. The Kier molecular flexibility index (Phi) is 11.8. The zero-order valence-electron chi connectivity index (χ0n) is 19.4. The van der Waals surface area contributed by atoms with Gasteiger partial charge in [0.05, 0.1) is 25.4 Å². The second kappa shape index (κ2) is 14.5. The molecule has 0 saturated carbocycles. The number of methoxy groups -OCH3 is 1. The lowest BCUT2D eigenvalue weighted by molar-refractivity contribution is 0.0600. The second-order valence-electron chi connectivity index (χ2n) is 7.21. The lowest BCUT2D eigenvalue weighted by atomic mass is 10.1. The van der Waals surface area contributed by atoms with Gasteiger partial charge in [-0.05, 0) is 79.0 Å². The molecule has 1 N–H and O–H groups in total. The summed E-state index contributed by atoms with van der Waals surface area (Å²) in [5, 5.41) is 7.62. The van der Waals surface area contributed by atoms with Crippen molar-refractivity contribution in [3.63, 3.8) is 0 Å². The topological polar surface area (TPSA) is 125 Å². The lowest BCUT2D eigenvalue weighted by Gasteiger charge is -2.16. The molecule has 0 amide bonds. The number of ether oxygens (including phenoxy) is 4. The van der Waals surface area contributed by atoms with Gasteiger partial charge in [0.25, 0.3) is 0 Å². The molecule has 0 saturated heterocycles. The molecule has 0 aliphatic rings. The third-order valence-electron chi connectivity index (χ3n) is 4.35. The molecule has 2 rings (SSSR count). The lowest BCUT2D eigenvalue weighted by Crippen LogP contribution is -2.20. The van der Waals surface area contributed by atoms with E-state index in [2.05, 4.69) is 4.74 Å². The number of benzene rings is 2. The van der Waals surface area contributed by atoms with Crippen molar-refractivity contribution in [3.05, 3.63) is 59.7 Å². The number of carbonyl (C=O) groups excluding carboxylic acids is 4. The maximum absolute atomic E-state index is 12.1. The molecule has 0 fully saturated rings. The SMILES string of the molecule is COC(=O)c1ccc(OC(=O)SCC(C)OCC(C)SC(=O)Oc2ccc(C(=O)CO)cc2)cc1. The predicted octanol–water partition coefficient (Wildman–Crippen LogP) is 4.61. The molecule has 0 bridgehead atoms. The Labute approximate surface area is 211 Å². The number of aliphatic hydroxyl groups is 1. The van der Waals surface area contributed by atoms with Crippen molar-refractivity contribution in [2.24, 2.45) is 0 Å². The van der Waals surface area contributed by atoms with E-state index < -0.39 is 29.0 Å². The molecule has 2 atom stereocenters. The Morgan fingerprint density at radius 3 is 1.94 bits per heavy atom. The van der Waals surface area contributed by atoms with Gasteiger partial charge in [-0.25, -0.2) is 14.4 Å². The summed E-state index contributed by atoms with van der Waals surface area (Å²) in [5.41, 5.74) is 0.680. The summed E-state index contributed by atoms with van der Waals surface area (Å²) < 4.78 is 20.8. The summed E-state index contributed by atoms with van der Waals surface area (Å²) in [7, 11) is 1.28. The summed E-state index contributed by atoms with van der Waals surface area (Å²) in [6, 6.07) is 11.9. The number of aliphatic hydroxyl groups excluding tert-OH is 1. The van der Waals surface area contributed by atoms with E-state index >= 15 is 0 Å². The Hall–Kier alpha value is -2.86. The van der Waals surface area contributed by atoms with Gasteiger partial charge in [-0.2, -0.15) is 0 Å². The maximum atomic E-state index is 12.1. The van der Waals surface area contributed by atoms with E-state index in [0.717, 1.165) is 23.5 Å². The summed E-state index contributed by atoms with van der Waals surface area (Å²) in [4.78, 5) is 46.9. The van der Waals surface area contributed by atoms with Crippen LogP contribution in [0.2, 0.25) is 0 Å². The fourth-order valence-electron chi connectivity index (χ4n) is 2.55. The molecular weight excluding hydrogens is 496 g/mol. The van der Waals surface area contributed by atoms with Gasteiger partial charge < -0.3 is 24.1 Å². The van der Waals surface area contributed by atoms with Crippen LogP contribution in [0.5, 0.6) is 11.5 Å². The molecule has 11 heteroatoms. The van der Waals surface area contributed by atoms with E-state index in [0.29, 0.717) is 22.6 Å². The third-order valence-corrected chi connectivity index (χ3v) is 6.12. The van der Waals surface area contributed by atoms with Gasteiger partial charge >= 0.3 is 16.6 Å². The van der Waals surface area contributed by atoms with Gasteiger partial charge in [-0.15, -0.1) is 0 Å². The smallest absolute Gasteiger partial charge is 0.373 e. The van der Waals surface area contributed by atoms with Crippen LogP contribution in [0.3, 0.4) is 0 Å². The molecule has 0 aliphatic carbocycles. The molecule has 2 unspecified atom stereocenters.